The standard InChI is InChI=1S/C7H7N3O/c11-10-6-2-1-5-4-8-9-7(5)3-6/h1-4,10-11H,(H,8,9)/p+1. The second kappa shape index (κ2) is 2.34. The van der Waals surface area contributed by atoms with Gasteiger partial charge in [0.1, 0.15) is 0 Å². The van der Waals surface area contributed by atoms with Crippen LogP contribution in [0.15, 0.2) is 24.4 Å². The molecule has 0 aliphatic carbocycles. The fourth-order valence-electron chi connectivity index (χ4n) is 1.03. The molecule has 0 aliphatic heterocycles. The minimum absolute atomic E-state index is 0.779. The zero-order valence-electron chi connectivity index (χ0n) is 5.78. The molecular formula is C7H8N3O+. The summed E-state index contributed by atoms with van der Waals surface area (Å²) < 4.78 is 0. The van der Waals surface area contributed by atoms with Gasteiger partial charge in [-0.05, 0) is 6.07 Å². The van der Waals surface area contributed by atoms with Gasteiger partial charge in [-0.1, -0.05) is 0 Å². The van der Waals surface area contributed by atoms with E-state index < -0.39 is 0 Å². The summed E-state index contributed by atoms with van der Waals surface area (Å²) >= 11 is 0. The number of nitrogens with two attached hydrogens (primary N) is 1. The predicted octanol–water partition coefficient (Wildman–Crippen LogP) is 0.147. The predicted molar refractivity (Wildman–Crippen MR) is 39.5 cm³/mol. The molecule has 0 saturated heterocycles. The highest BCUT2D eigenvalue weighted by atomic mass is 16.5. The van der Waals surface area contributed by atoms with Gasteiger partial charge in [-0.25, -0.2) is 5.21 Å². The highest BCUT2D eigenvalue weighted by molar-refractivity contribution is 5.79. The Balaban J connectivity index is 2.67. The molecule has 2 aromatic rings. The van der Waals surface area contributed by atoms with E-state index in [0.717, 1.165) is 22.1 Å². The Morgan fingerprint density at radius 2 is 2.36 bits per heavy atom. The number of rotatable bonds is 1. The van der Waals surface area contributed by atoms with E-state index in [1.807, 2.05) is 18.2 Å². The molecule has 0 spiro atoms. The van der Waals surface area contributed by atoms with E-state index in [0.29, 0.717) is 0 Å². The monoisotopic (exact) mass is 150 g/mol. The summed E-state index contributed by atoms with van der Waals surface area (Å²) in [7, 11) is 0. The summed E-state index contributed by atoms with van der Waals surface area (Å²) in [5, 5.41) is 16.4. The van der Waals surface area contributed by atoms with Gasteiger partial charge < -0.3 is 0 Å². The third-order valence-electron chi connectivity index (χ3n) is 1.62. The first-order valence-corrected chi connectivity index (χ1v) is 3.31. The van der Waals surface area contributed by atoms with Crippen LogP contribution >= 0.6 is 0 Å². The lowest BCUT2D eigenvalue weighted by molar-refractivity contribution is -0.825. The van der Waals surface area contributed by atoms with E-state index in [1.165, 1.54) is 0 Å². The van der Waals surface area contributed by atoms with Gasteiger partial charge in [0.25, 0.3) is 0 Å². The summed E-state index contributed by atoms with van der Waals surface area (Å²) in [5.41, 5.74) is 2.79. The van der Waals surface area contributed by atoms with Crippen LogP contribution in [-0.2, 0) is 0 Å². The minimum Gasteiger partial charge on any atom is -0.278 e. The average Bonchev–Trinajstić information content (AvgIpc) is 2.50. The molecule has 0 bridgehead atoms. The highest BCUT2D eigenvalue weighted by Crippen LogP contribution is 2.12. The van der Waals surface area contributed by atoms with Crippen molar-refractivity contribution in [3.05, 3.63) is 24.4 Å². The molecule has 1 aromatic carbocycles. The Kier molecular flexibility index (Phi) is 1.34. The molecule has 0 fully saturated rings. The van der Waals surface area contributed by atoms with E-state index in [-0.39, 0.29) is 0 Å². The molecule has 0 atom stereocenters. The van der Waals surface area contributed by atoms with E-state index in [4.69, 9.17) is 5.21 Å². The van der Waals surface area contributed by atoms with Gasteiger partial charge in [-0.15, -0.1) is 0 Å². The van der Waals surface area contributed by atoms with Crippen LogP contribution in [0.3, 0.4) is 0 Å². The number of hydrogen-bond donors (Lipinski definition) is 3. The number of hydrogen-bond acceptors (Lipinski definition) is 2. The Labute approximate surface area is 62.8 Å². The maximum absolute atomic E-state index is 8.68. The summed E-state index contributed by atoms with van der Waals surface area (Å²) in [6.45, 7) is 0. The van der Waals surface area contributed by atoms with Crippen LogP contribution in [0.1, 0.15) is 0 Å². The molecular weight excluding hydrogens is 142 g/mol. The van der Waals surface area contributed by atoms with Crippen molar-refractivity contribution in [1.82, 2.24) is 10.2 Å². The van der Waals surface area contributed by atoms with Crippen molar-refractivity contribution < 1.29 is 10.7 Å². The van der Waals surface area contributed by atoms with Gasteiger partial charge in [0, 0.05) is 17.5 Å². The summed E-state index contributed by atoms with van der Waals surface area (Å²) in [6, 6.07) is 5.57. The minimum atomic E-state index is 0.779. The second-order valence-corrected chi connectivity index (χ2v) is 2.35. The SMILES string of the molecule is O[NH2+]c1ccc2cn[nH]c2c1. The largest absolute Gasteiger partial charge is 0.278 e. The van der Waals surface area contributed by atoms with Gasteiger partial charge in [-0.2, -0.15) is 10.6 Å². The van der Waals surface area contributed by atoms with Crippen molar-refractivity contribution in [2.75, 3.05) is 0 Å². The molecule has 0 aliphatic rings. The molecule has 0 radical (unpaired) electrons. The Morgan fingerprint density at radius 3 is 3.18 bits per heavy atom. The Hall–Kier alpha value is -1.39. The molecule has 0 saturated carbocycles. The van der Waals surface area contributed by atoms with Crippen molar-refractivity contribution in [2.45, 2.75) is 0 Å². The van der Waals surface area contributed by atoms with Crippen LogP contribution in [-0.4, -0.2) is 15.4 Å². The number of benzene rings is 1. The molecule has 1 heterocycles. The number of nitrogens with zero attached hydrogens (tertiary/aromatic N) is 1. The van der Waals surface area contributed by atoms with Crippen molar-refractivity contribution in [1.29, 1.82) is 0 Å². The molecule has 4 N–H and O–H groups in total. The second-order valence-electron chi connectivity index (χ2n) is 2.35. The zero-order valence-corrected chi connectivity index (χ0v) is 5.78. The maximum atomic E-state index is 8.68. The number of nitrogens with one attached hydrogen (secondary N) is 1. The van der Waals surface area contributed by atoms with Gasteiger partial charge in [-0.3, -0.25) is 5.10 Å². The van der Waals surface area contributed by atoms with Crippen molar-refractivity contribution in [3.63, 3.8) is 0 Å². The van der Waals surface area contributed by atoms with Crippen molar-refractivity contribution >= 4 is 16.6 Å². The third-order valence-corrected chi connectivity index (χ3v) is 1.62. The zero-order chi connectivity index (χ0) is 7.68. The van der Waals surface area contributed by atoms with Gasteiger partial charge in [0.2, 0.25) is 0 Å². The van der Waals surface area contributed by atoms with Crippen molar-refractivity contribution in [2.24, 2.45) is 0 Å². The van der Waals surface area contributed by atoms with Gasteiger partial charge >= 0.3 is 0 Å². The van der Waals surface area contributed by atoms with Crippen LogP contribution in [0, 0.1) is 0 Å². The van der Waals surface area contributed by atoms with E-state index in [2.05, 4.69) is 10.2 Å². The van der Waals surface area contributed by atoms with E-state index in [1.54, 1.807) is 6.20 Å². The first-order valence-electron chi connectivity index (χ1n) is 3.31. The van der Waals surface area contributed by atoms with Crippen LogP contribution in [0.2, 0.25) is 0 Å². The van der Waals surface area contributed by atoms with E-state index >= 15 is 0 Å². The van der Waals surface area contributed by atoms with Gasteiger partial charge in [0.05, 0.1) is 11.7 Å². The average molecular weight is 150 g/mol. The fraction of sp³-hybridized carbons (Fsp3) is 0. The molecule has 11 heavy (non-hydrogen) atoms. The number of fused-ring (bicyclic) bond motifs is 1. The smallest absolute Gasteiger partial charge is 0.163 e. The number of aromatic nitrogens is 2. The lowest BCUT2D eigenvalue weighted by Gasteiger charge is -1.90. The first kappa shape index (κ1) is 6.33. The van der Waals surface area contributed by atoms with E-state index in [9.17, 15) is 0 Å². The van der Waals surface area contributed by atoms with Crippen LogP contribution in [0.5, 0.6) is 0 Å². The third kappa shape index (κ3) is 0.978. The lowest BCUT2D eigenvalue weighted by Crippen LogP contribution is -2.73. The van der Waals surface area contributed by atoms with Crippen LogP contribution < -0.4 is 5.48 Å². The van der Waals surface area contributed by atoms with Crippen LogP contribution in [0.25, 0.3) is 10.9 Å². The molecule has 4 heteroatoms. The summed E-state index contributed by atoms with van der Waals surface area (Å²) in [5.74, 6) is 0. The molecule has 0 amide bonds. The molecule has 1 aromatic heterocycles. The van der Waals surface area contributed by atoms with Crippen molar-refractivity contribution in [3.8, 4) is 0 Å². The van der Waals surface area contributed by atoms with Gasteiger partial charge in [0.15, 0.2) is 5.69 Å². The Morgan fingerprint density at radius 1 is 1.45 bits per heavy atom. The Bertz CT molecular complexity index is 368. The fourth-order valence-corrected chi connectivity index (χ4v) is 1.03. The number of H-pyrrole nitrogens is 1. The summed E-state index contributed by atoms with van der Waals surface area (Å²) in [6.07, 6.45) is 1.75. The maximum Gasteiger partial charge on any atom is 0.163 e. The number of quaternary nitrogens is 1. The molecule has 56 valence electrons. The highest BCUT2D eigenvalue weighted by Gasteiger charge is 1.98. The molecule has 2 rings (SSSR count). The molecule has 4 nitrogen and oxygen atoms in total. The molecule has 0 unspecified atom stereocenters. The lowest BCUT2D eigenvalue weighted by atomic mass is 10.2. The summed E-state index contributed by atoms with van der Waals surface area (Å²) in [4.78, 5) is 0. The quantitative estimate of drug-likeness (QED) is 0.400. The normalized spacial score (nSPS) is 10.6. The number of aromatic amines is 1. The first-order chi connectivity index (χ1) is 5.40. The van der Waals surface area contributed by atoms with Crippen LogP contribution in [0.4, 0.5) is 5.69 Å². The topological polar surface area (TPSA) is 65.5 Å².